The summed E-state index contributed by atoms with van der Waals surface area (Å²) in [6, 6.07) is 7.56. The van der Waals surface area contributed by atoms with Crippen LogP contribution in [0.5, 0.6) is 5.75 Å². The Labute approximate surface area is 165 Å². The summed E-state index contributed by atoms with van der Waals surface area (Å²) >= 11 is 0. The summed E-state index contributed by atoms with van der Waals surface area (Å²) in [5, 5.41) is 5.54. The van der Waals surface area contributed by atoms with Crippen LogP contribution in [0.2, 0.25) is 0 Å². The largest absolute Gasteiger partial charge is 0.497 e. The van der Waals surface area contributed by atoms with Gasteiger partial charge in [-0.25, -0.2) is 4.79 Å². The van der Waals surface area contributed by atoms with Crippen LogP contribution in [0, 0.1) is 0 Å². The molecule has 148 valence electrons. The summed E-state index contributed by atoms with van der Waals surface area (Å²) in [5.41, 5.74) is 2.00. The van der Waals surface area contributed by atoms with E-state index in [4.69, 9.17) is 9.15 Å². The minimum Gasteiger partial charge on any atom is -0.497 e. The van der Waals surface area contributed by atoms with Crippen LogP contribution in [-0.4, -0.2) is 41.9 Å². The van der Waals surface area contributed by atoms with Gasteiger partial charge in [-0.1, -0.05) is 6.07 Å². The number of furan rings is 1. The van der Waals surface area contributed by atoms with Crippen molar-refractivity contribution in [3.8, 4) is 5.75 Å². The Morgan fingerprint density at radius 3 is 3.00 bits per heavy atom. The van der Waals surface area contributed by atoms with E-state index in [0.717, 1.165) is 10.9 Å². The number of benzene rings is 1. The topological polar surface area (TPSA) is 114 Å². The van der Waals surface area contributed by atoms with Crippen LogP contribution in [0.4, 0.5) is 4.79 Å². The van der Waals surface area contributed by atoms with E-state index in [1.165, 1.54) is 0 Å². The molecule has 4 amide bonds. The zero-order valence-corrected chi connectivity index (χ0v) is 15.5. The maximum atomic E-state index is 12.9. The molecule has 1 atom stereocenters. The van der Waals surface area contributed by atoms with Crippen molar-refractivity contribution >= 4 is 29.3 Å². The summed E-state index contributed by atoms with van der Waals surface area (Å²) in [5.74, 6) is 0.887. The van der Waals surface area contributed by atoms with Gasteiger partial charge in [0.05, 0.1) is 13.3 Å². The third-order valence-electron chi connectivity index (χ3n) is 4.78. The lowest BCUT2D eigenvalue weighted by molar-refractivity contribution is -0.108. The van der Waals surface area contributed by atoms with Crippen molar-refractivity contribution in [3.63, 3.8) is 0 Å². The second-order valence-corrected chi connectivity index (χ2v) is 6.56. The Balaban J connectivity index is 1.61. The van der Waals surface area contributed by atoms with Crippen LogP contribution < -0.4 is 15.4 Å². The van der Waals surface area contributed by atoms with Gasteiger partial charge in [0.25, 0.3) is 5.91 Å². The standard InChI is InChI=1S/C20H18N4O5/c1-28-14-3-2-13-9-24(19(26)15(13)7-14)10-16(23-20(27)22-11-25)17-6-12-4-5-21-8-18(12)29-17/h2-8,11,16H,9-10H2,1H3,(H2,22,23,25,27)/t16-/m0/s1. The van der Waals surface area contributed by atoms with Gasteiger partial charge in [-0.3, -0.25) is 19.9 Å². The number of hydrogen-bond donors (Lipinski definition) is 2. The minimum atomic E-state index is -0.686. The average molecular weight is 394 g/mol. The molecule has 0 aliphatic carbocycles. The lowest BCUT2D eigenvalue weighted by atomic mass is 10.1. The fourth-order valence-corrected chi connectivity index (χ4v) is 3.37. The number of nitrogens with zero attached hydrogens (tertiary/aromatic N) is 2. The molecule has 2 N–H and O–H groups in total. The monoisotopic (exact) mass is 394 g/mol. The quantitative estimate of drug-likeness (QED) is 0.618. The summed E-state index contributed by atoms with van der Waals surface area (Å²) in [6.07, 6.45) is 3.50. The third kappa shape index (κ3) is 3.62. The zero-order chi connectivity index (χ0) is 20.4. The minimum absolute atomic E-state index is 0.162. The predicted octanol–water partition coefficient (Wildman–Crippen LogP) is 1.99. The van der Waals surface area contributed by atoms with Crippen LogP contribution in [0.1, 0.15) is 27.7 Å². The number of carbonyl (C=O) groups is 3. The first-order valence-corrected chi connectivity index (χ1v) is 8.89. The molecule has 0 bridgehead atoms. The highest BCUT2D eigenvalue weighted by Crippen LogP contribution is 2.30. The third-order valence-corrected chi connectivity index (χ3v) is 4.78. The molecule has 0 spiro atoms. The van der Waals surface area contributed by atoms with Gasteiger partial charge in [-0.05, 0) is 29.8 Å². The summed E-state index contributed by atoms with van der Waals surface area (Å²) in [4.78, 5) is 41.1. The molecule has 0 saturated heterocycles. The Morgan fingerprint density at radius 2 is 2.24 bits per heavy atom. The lowest BCUT2D eigenvalue weighted by Gasteiger charge is -2.23. The molecule has 0 fully saturated rings. The summed E-state index contributed by atoms with van der Waals surface area (Å²) in [6.45, 7) is 0.558. The molecule has 2 aromatic heterocycles. The number of methoxy groups -OCH3 is 1. The first-order chi connectivity index (χ1) is 14.1. The fourth-order valence-electron chi connectivity index (χ4n) is 3.37. The number of rotatable bonds is 6. The average Bonchev–Trinajstić information content (AvgIpc) is 3.29. The number of urea groups is 1. The van der Waals surface area contributed by atoms with E-state index < -0.39 is 12.1 Å². The van der Waals surface area contributed by atoms with E-state index >= 15 is 0 Å². The molecule has 0 saturated carbocycles. The number of nitrogens with one attached hydrogen (secondary N) is 2. The molecule has 1 aliphatic heterocycles. The van der Waals surface area contributed by atoms with Crippen molar-refractivity contribution in [1.82, 2.24) is 20.5 Å². The normalized spacial score (nSPS) is 13.8. The number of carbonyl (C=O) groups excluding carboxylic acids is 3. The van der Waals surface area contributed by atoms with E-state index in [0.29, 0.717) is 29.2 Å². The smallest absolute Gasteiger partial charge is 0.321 e. The highest BCUT2D eigenvalue weighted by Gasteiger charge is 2.31. The molecule has 9 heteroatoms. The van der Waals surface area contributed by atoms with Crippen LogP contribution in [0.3, 0.4) is 0 Å². The second-order valence-electron chi connectivity index (χ2n) is 6.56. The molecular weight excluding hydrogens is 376 g/mol. The highest BCUT2D eigenvalue weighted by molar-refractivity contribution is 5.98. The first kappa shape index (κ1) is 18.5. The van der Waals surface area contributed by atoms with E-state index in [9.17, 15) is 14.4 Å². The number of hydrogen-bond acceptors (Lipinski definition) is 6. The molecule has 3 heterocycles. The molecule has 0 radical (unpaired) electrons. The molecular formula is C20H18N4O5. The van der Waals surface area contributed by atoms with Crippen molar-refractivity contribution in [1.29, 1.82) is 0 Å². The van der Waals surface area contributed by atoms with Crippen molar-refractivity contribution in [2.45, 2.75) is 12.6 Å². The maximum Gasteiger partial charge on any atom is 0.321 e. The molecule has 1 aliphatic rings. The number of pyridine rings is 1. The number of aromatic nitrogens is 1. The molecule has 9 nitrogen and oxygen atoms in total. The van der Waals surface area contributed by atoms with E-state index in [1.54, 1.807) is 48.7 Å². The van der Waals surface area contributed by atoms with Crippen LogP contribution in [-0.2, 0) is 11.3 Å². The molecule has 1 aromatic carbocycles. The first-order valence-electron chi connectivity index (χ1n) is 8.89. The van der Waals surface area contributed by atoms with Crippen molar-refractivity contribution in [2.75, 3.05) is 13.7 Å². The Hall–Kier alpha value is -3.88. The number of ether oxygens (including phenoxy) is 1. The van der Waals surface area contributed by atoms with Crippen LogP contribution in [0.15, 0.2) is 47.1 Å². The van der Waals surface area contributed by atoms with Gasteiger partial charge in [0.15, 0.2) is 5.58 Å². The SMILES string of the molecule is COc1ccc2c(c1)C(=O)N(C[C@H](NC(=O)NC=O)c1cc3ccncc3o1)C2. The Kier molecular flexibility index (Phi) is 4.86. The van der Waals surface area contributed by atoms with Crippen molar-refractivity contribution < 1.29 is 23.5 Å². The highest BCUT2D eigenvalue weighted by atomic mass is 16.5. The lowest BCUT2D eigenvalue weighted by Crippen LogP contribution is -2.42. The van der Waals surface area contributed by atoms with Gasteiger partial charge < -0.3 is 19.4 Å². The summed E-state index contributed by atoms with van der Waals surface area (Å²) < 4.78 is 11.0. The van der Waals surface area contributed by atoms with Crippen molar-refractivity contribution in [2.24, 2.45) is 0 Å². The maximum absolute atomic E-state index is 12.9. The van der Waals surface area contributed by atoms with Crippen LogP contribution in [0.25, 0.3) is 11.0 Å². The van der Waals surface area contributed by atoms with Gasteiger partial charge >= 0.3 is 6.03 Å². The van der Waals surface area contributed by atoms with Gasteiger partial charge in [-0.15, -0.1) is 0 Å². The van der Waals surface area contributed by atoms with Gasteiger partial charge in [0, 0.05) is 30.2 Å². The van der Waals surface area contributed by atoms with E-state index in [1.807, 2.05) is 11.4 Å². The molecule has 4 rings (SSSR count). The second kappa shape index (κ2) is 7.63. The predicted molar refractivity (Wildman–Crippen MR) is 102 cm³/mol. The Morgan fingerprint density at radius 1 is 1.38 bits per heavy atom. The van der Waals surface area contributed by atoms with Crippen molar-refractivity contribution in [3.05, 3.63) is 59.6 Å². The van der Waals surface area contributed by atoms with Gasteiger partial charge in [0.2, 0.25) is 6.41 Å². The number of imide groups is 1. The van der Waals surface area contributed by atoms with Crippen LogP contribution >= 0.6 is 0 Å². The Bertz CT molecular complexity index is 1060. The van der Waals surface area contributed by atoms with E-state index in [-0.39, 0.29) is 18.9 Å². The summed E-state index contributed by atoms with van der Waals surface area (Å²) in [7, 11) is 1.54. The van der Waals surface area contributed by atoms with Gasteiger partial charge in [0.1, 0.15) is 17.6 Å². The molecule has 29 heavy (non-hydrogen) atoms. The number of fused-ring (bicyclic) bond motifs is 2. The zero-order valence-electron chi connectivity index (χ0n) is 15.5. The van der Waals surface area contributed by atoms with E-state index in [2.05, 4.69) is 10.3 Å². The molecule has 3 aromatic rings. The fraction of sp³-hybridized carbons (Fsp3) is 0.200. The number of amides is 4. The molecule has 0 unspecified atom stereocenters. The van der Waals surface area contributed by atoms with Gasteiger partial charge in [-0.2, -0.15) is 0 Å².